The fraction of sp³-hybridized carbons (Fsp3) is 0.357. The first-order valence-corrected chi connectivity index (χ1v) is 6.66. The van der Waals surface area contributed by atoms with Crippen LogP contribution < -0.4 is 0 Å². The van der Waals surface area contributed by atoms with Gasteiger partial charge in [-0.25, -0.2) is 4.98 Å². The van der Waals surface area contributed by atoms with Crippen LogP contribution in [0.25, 0.3) is 11.3 Å². The van der Waals surface area contributed by atoms with Gasteiger partial charge in [0.2, 0.25) is 5.89 Å². The second-order valence-corrected chi connectivity index (χ2v) is 5.30. The molecule has 1 N–H and O–H groups in total. The van der Waals surface area contributed by atoms with Crippen LogP contribution in [0.15, 0.2) is 34.9 Å². The first-order chi connectivity index (χ1) is 9.24. The minimum absolute atomic E-state index is 0.262. The molecule has 0 atom stereocenters. The molecule has 1 aromatic heterocycles. The predicted molar refractivity (Wildman–Crippen MR) is 72.8 cm³/mol. The van der Waals surface area contributed by atoms with E-state index in [-0.39, 0.29) is 6.61 Å². The van der Waals surface area contributed by atoms with E-state index in [1.54, 1.807) is 6.20 Å². The predicted octanol–water partition coefficient (Wildman–Crippen LogP) is 2.42. The lowest BCUT2D eigenvalue weighted by atomic mass is 10.0. The Morgan fingerprint density at radius 1 is 1.32 bits per heavy atom. The number of aliphatic hydroxyl groups excluding tert-OH is 1. The number of halogens is 1. The van der Waals surface area contributed by atoms with Gasteiger partial charge in [-0.3, -0.25) is 4.90 Å². The van der Waals surface area contributed by atoms with Crippen molar-refractivity contribution in [3.8, 4) is 11.3 Å². The Bertz CT molecular complexity index is 547. The quantitative estimate of drug-likeness (QED) is 0.933. The molecule has 1 aromatic carbocycles. The minimum atomic E-state index is 0.262. The topological polar surface area (TPSA) is 49.5 Å². The van der Waals surface area contributed by atoms with E-state index >= 15 is 0 Å². The van der Waals surface area contributed by atoms with E-state index in [0.717, 1.165) is 24.4 Å². The van der Waals surface area contributed by atoms with Crippen molar-refractivity contribution >= 4 is 11.6 Å². The number of aliphatic hydroxyl groups is 1. The highest BCUT2D eigenvalue weighted by molar-refractivity contribution is 6.30. The van der Waals surface area contributed by atoms with Crippen molar-refractivity contribution in [3.63, 3.8) is 0 Å². The molecule has 0 bridgehead atoms. The molecular formula is C14H15ClN2O2. The summed E-state index contributed by atoms with van der Waals surface area (Å²) in [6.45, 7) is 2.78. The van der Waals surface area contributed by atoms with E-state index in [2.05, 4.69) is 9.88 Å². The van der Waals surface area contributed by atoms with Crippen molar-refractivity contribution in [1.82, 2.24) is 9.88 Å². The molecule has 0 amide bonds. The molecule has 19 heavy (non-hydrogen) atoms. The summed E-state index contributed by atoms with van der Waals surface area (Å²) in [4.78, 5) is 6.49. The number of benzene rings is 1. The lowest BCUT2D eigenvalue weighted by Gasteiger charge is -2.37. The second kappa shape index (κ2) is 5.33. The Balaban J connectivity index is 1.65. The van der Waals surface area contributed by atoms with E-state index in [1.807, 2.05) is 24.3 Å². The summed E-state index contributed by atoms with van der Waals surface area (Å²) in [5.41, 5.74) is 0.972. The molecule has 100 valence electrons. The smallest absolute Gasteiger partial charge is 0.209 e. The van der Waals surface area contributed by atoms with Gasteiger partial charge in [0.05, 0.1) is 12.7 Å². The van der Waals surface area contributed by atoms with Gasteiger partial charge in [0, 0.05) is 36.2 Å². The summed E-state index contributed by atoms with van der Waals surface area (Å²) < 4.78 is 5.73. The van der Waals surface area contributed by atoms with Crippen LogP contribution in [0, 0.1) is 5.92 Å². The third kappa shape index (κ3) is 2.81. The lowest BCUT2D eigenvalue weighted by Crippen LogP contribution is -2.47. The Hall–Kier alpha value is -1.36. The van der Waals surface area contributed by atoms with Crippen LogP contribution >= 0.6 is 11.6 Å². The van der Waals surface area contributed by atoms with Crippen molar-refractivity contribution < 1.29 is 9.52 Å². The van der Waals surface area contributed by atoms with Gasteiger partial charge >= 0.3 is 0 Å². The third-order valence-corrected chi connectivity index (χ3v) is 3.58. The molecule has 5 heteroatoms. The van der Waals surface area contributed by atoms with E-state index in [9.17, 15) is 0 Å². The lowest BCUT2D eigenvalue weighted by molar-refractivity contribution is 0.0418. The largest absolute Gasteiger partial charge is 0.439 e. The van der Waals surface area contributed by atoms with Crippen LogP contribution in [0.3, 0.4) is 0 Å². The standard InChI is InChI=1S/C14H15ClN2O2/c15-12-3-1-11(2-4-12)13-5-16-14(19-13)8-17-6-10(7-17)9-18/h1-5,10,18H,6-9H2. The number of aromatic nitrogens is 1. The Morgan fingerprint density at radius 2 is 2.05 bits per heavy atom. The number of rotatable bonds is 4. The third-order valence-electron chi connectivity index (χ3n) is 3.33. The fourth-order valence-electron chi connectivity index (χ4n) is 2.24. The molecule has 1 saturated heterocycles. The Kier molecular flexibility index (Phi) is 3.55. The van der Waals surface area contributed by atoms with Gasteiger partial charge in [-0.15, -0.1) is 0 Å². The SMILES string of the molecule is OCC1CN(Cc2ncc(-c3ccc(Cl)cc3)o2)C1. The van der Waals surface area contributed by atoms with Crippen molar-refractivity contribution in [2.45, 2.75) is 6.54 Å². The van der Waals surface area contributed by atoms with Gasteiger partial charge in [0.25, 0.3) is 0 Å². The maximum atomic E-state index is 8.97. The van der Waals surface area contributed by atoms with Gasteiger partial charge < -0.3 is 9.52 Å². The molecule has 0 spiro atoms. The maximum absolute atomic E-state index is 8.97. The van der Waals surface area contributed by atoms with Gasteiger partial charge in [-0.05, 0) is 24.3 Å². The monoisotopic (exact) mass is 278 g/mol. The molecule has 1 aliphatic rings. The van der Waals surface area contributed by atoms with E-state index in [4.69, 9.17) is 21.1 Å². The summed E-state index contributed by atoms with van der Waals surface area (Å²) in [6, 6.07) is 7.50. The molecular weight excluding hydrogens is 264 g/mol. The first-order valence-electron chi connectivity index (χ1n) is 6.28. The minimum Gasteiger partial charge on any atom is -0.439 e. The van der Waals surface area contributed by atoms with Crippen molar-refractivity contribution in [3.05, 3.63) is 41.4 Å². The van der Waals surface area contributed by atoms with E-state index in [0.29, 0.717) is 23.4 Å². The Morgan fingerprint density at radius 3 is 2.74 bits per heavy atom. The molecule has 2 heterocycles. The molecule has 1 aliphatic heterocycles. The van der Waals surface area contributed by atoms with Crippen molar-refractivity contribution in [1.29, 1.82) is 0 Å². The first kappa shape index (κ1) is 12.7. The normalized spacial score (nSPS) is 16.5. The van der Waals surface area contributed by atoms with Crippen LogP contribution in [0.4, 0.5) is 0 Å². The van der Waals surface area contributed by atoms with Gasteiger partial charge in [-0.2, -0.15) is 0 Å². The van der Waals surface area contributed by atoms with Gasteiger partial charge in [0.15, 0.2) is 5.76 Å². The summed E-state index contributed by atoms with van der Waals surface area (Å²) in [6.07, 6.45) is 1.74. The highest BCUT2D eigenvalue weighted by Crippen LogP contribution is 2.24. The fourth-order valence-corrected chi connectivity index (χ4v) is 2.37. The van der Waals surface area contributed by atoms with Crippen LogP contribution in [0.2, 0.25) is 5.02 Å². The highest BCUT2D eigenvalue weighted by Gasteiger charge is 2.26. The zero-order valence-electron chi connectivity index (χ0n) is 10.4. The maximum Gasteiger partial charge on any atom is 0.209 e. The van der Waals surface area contributed by atoms with Crippen LogP contribution in [-0.4, -0.2) is 34.7 Å². The molecule has 1 fully saturated rings. The molecule has 4 nitrogen and oxygen atoms in total. The second-order valence-electron chi connectivity index (χ2n) is 4.87. The molecule has 0 aliphatic carbocycles. The number of nitrogens with zero attached hydrogens (tertiary/aromatic N) is 2. The molecule has 0 radical (unpaired) electrons. The van der Waals surface area contributed by atoms with Gasteiger partial charge in [0.1, 0.15) is 0 Å². The summed E-state index contributed by atoms with van der Waals surface area (Å²) in [5, 5.41) is 9.68. The van der Waals surface area contributed by atoms with Crippen molar-refractivity contribution in [2.75, 3.05) is 19.7 Å². The van der Waals surface area contributed by atoms with E-state index in [1.165, 1.54) is 0 Å². The van der Waals surface area contributed by atoms with Crippen LogP contribution in [0.1, 0.15) is 5.89 Å². The average molecular weight is 279 g/mol. The van der Waals surface area contributed by atoms with Crippen molar-refractivity contribution in [2.24, 2.45) is 5.92 Å². The number of oxazole rings is 1. The Labute approximate surface area is 116 Å². The highest BCUT2D eigenvalue weighted by atomic mass is 35.5. The molecule has 0 unspecified atom stereocenters. The van der Waals surface area contributed by atoms with Crippen LogP contribution in [-0.2, 0) is 6.54 Å². The van der Waals surface area contributed by atoms with Gasteiger partial charge in [-0.1, -0.05) is 11.6 Å². The number of hydrogen-bond acceptors (Lipinski definition) is 4. The zero-order chi connectivity index (χ0) is 13.2. The van der Waals surface area contributed by atoms with Crippen LogP contribution in [0.5, 0.6) is 0 Å². The van der Waals surface area contributed by atoms with E-state index < -0.39 is 0 Å². The molecule has 0 saturated carbocycles. The summed E-state index contributed by atoms with van der Waals surface area (Å²) in [7, 11) is 0. The number of hydrogen-bond donors (Lipinski definition) is 1. The average Bonchev–Trinajstić information content (AvgIpc) is 2.82. The summed E-state index contributed by atoms with van der Waals surface area (Å²) in [5.74, 6) is 1.87. The molecule has 2 aromatic rings. The summed E-state index contributed by atoms with van der Waals surface area (Å²) >= 11 is 5.85. The molecule has 3 rings (SSSR count). The zero-order valence-corrected chi connectivity index (χ0v) is 11.2. The number of likely N-dealkylation sites (tertiary alicyclic amines) is 1.